The first-order valence-electron chi connectivity index (χ1n) is 7.90. The molecule has 126 valence electrons. The normalized spacial score (nSPS) is 17.0. The van der Waals surface area contributed by atoms with Crippen LogP contribution in [0.5, 0.6) is 0 Å². The monoisotopic (exact) mass is 333 g/mol. The zero-order chi connectivity index (χ0) is 17.6. The highest BCUT2D eigenvalue weighted by atomic mass is 16.5. The highest BCUT2D eigenvalue weighted by Crippen LogP contribution is 2.21. The molecule has 1 heterocycles. The van der Waals surface area contributed by atoms with Gasteiger partial charge in [-0.15, -0.1) is 0 Å². The molecule has 3 N–H and O–H groups in total. The molecule has 5 heteroatoms. The number of aliphatic imine (C=N–C) groups is 1. The summed E-state index contributed by atoms with van der Waals surface area (Å²) in [5, 5.41) is 3.14. The van der Waals surface area contributed by atoms with Gasteiger partial charge in [-0.25, -0.2) is 4.79 Å². The summed E-state index contributed by atoms with van der Waals surface area (Å²) in [7, 11) is 1.33. The van der Waals surface area contributed by atoms with E-state index in [2.05, 4.69) is 10.3 Å². The minimum atomic E-state index is -0.506. The van der Waals surface area contributed by atoms with Crippen LogP contribution in [0.1, 0.15) is 11.1 Å². The Kier molecular flexibility index (Phi) is 4.95. The lowest BCUT2D eigenvalue weighted by Gasteiger charge is -2.04. The third-order valence-electron chi connectivity index (χ3n) is 3.81. The summed E-state index contributed by atoms with van der Waals surface area (Å²) in [5.41, 5.74) is 9.43. The minimum Gasteiger partial charge on any atom is -0.465 e. The van der Waals surface area contributed by atoms with E-state index in [9.17, 15) is 4.79 Å². The van der Waals surface area contributed by atoms with Gasteiger partial charge in [-0.1, -0.05) is 60.7 Å². The molecule has 0 radical (unpaired) electrons. The number of methoxy groups -OCH3 is 1. The van der Waals surface area contributed by atoms with Crippen LogP contribution >= 0.6 is 0 Å². The fraction of sp³-hybridized carbons (Fsp3) is 0.100. The maximum Gasteiger partial charge on any atom is 0.343 e. The minimum absolute atomic E-state index is 0.264. The molecule has 2 aromatic rings. The third-order valence-corrected chi connectivity index (χ3v) is 3.81. The number of benzene rings is 2. The van der Waals surface area contributed by atoms with Gasteiger partial charge in [0, 0.05) is 0 Å². The van der Waals surface area contributed by atoms with Gasteiger partial charge in [0.2, 0.25) is 0 Å². The average Bonchev–Trinajstić information content (AvgIpc) is 2.96. The molecule has 0 fully saturated rings. The van der Waals surface area contributed by atoms with Crippen molar-refractivity contribution in [2.75, 3.05) is 7.11 Å². The molecule has 0 aliphatic carbocycles. The van der Waals surface area contributed by atoms with Crippen molar-refractivity contribution in [1.29, 1.82) is 0 Å². The Morgan fingerprint density at radius 2 is 1.76 bits per heavy atom. The predicted molar refractivity (Wildman–Crippen MR) is 98.4 cm³/mol. The van der Waals surface area contributed by atoms with Crippen molar-refractivity contribution in [2.45, 2.75) is 6.54 Å². The topological polar surface area (TPSA) is 76.7 Å². The van der Waals surface area contributed by atoms with Gasteiger partial charge in [-0.05, 0) is 17.2 Å². The van der Waals surface area contributed by atoms with E-state index in [4.69, 9.17) is 10.5 Å². The summed E-state index contributed by atoms with van der Waals surface area (Å²) in [5.74, 6) is -0.0799. The molecule has 0 spiro atoms. The number of amidine groups is 1. The first-order chi connectivity index (χ1) is 12.2. The lowest BCUT2D eigenvalue weighted by atomic mass is 10.1. The fourth-order valence-electron chi connectivity index (χ4n) is 2.53. The molecule has 25 heavy (non-hydrogen) atoms. The maximum absolute atomic E-state index is 12.1. The number of nitrogens with zero attached hydrogens (tertiary/aromatic N) is 1. The molecule has 0 amide bonds. The smallest absolute Gasteiger partial charge is 0.343 e. The van der Waals surface area contributed by atoms with E-state index in [0.29, 0.717) is 23.8 Å². The molecule has 0 atom stereocenters. The second-order valence-corrected chi connectivity index (χ2v) is 5.52. The summed E-state index contributed by atoms with van der Waals surface area (Å²) >= 11 is 0. The number of carbonyl (C=O) groups excluding carboxylic acids is 1. The number of nitrogens with one attached hydrogen (secondary N) is 1. The number of nitrogens with two attached hydrogens (primary N) is 1. The first-order valence-corrected chi connectivity index (χ1v) is 7.90. The zero-order valence-electron chi connectivity index (χ0n) is 13.9. The van der Waals surface area contributed by atoms with Gasteiger partial charge in [0.15, 0.2) is 0 Å². The van der Waals surface area contributed by atoms with Crippen molar-refractivity contribution >= 4 is 17.9 Å². The lowest BCUT2D eigenvalue weighted by Crippen LogP contribution is -2.22. The third kappa shape index (κ3) is 3.77. The quantitative estimate of drug-likeness (QED) is 0.843. The number of hydrogen-bond donors (Lipinski definition) is 2. The van der Waals surface area contributed by atoms with Crippen LogP contribution in [0, 0.1) is 0 Å². The van der Waals surface area contributed by atoms with E-state index >= 15 is 0 Å². The molecule has 0 aromatic heterocycles. The Balaban J connectivity index is 1.93. The number of esters is 1. The Labute approximate surface area is 146 Å². The summed E-state index contributed by atoms with van der Waals surface area (Å²) in [6.07, 6.45) is 1.88. The van der Waals surface area contributed by atoms with Crippen LogP contribution in [0.4, 0.5) is 0 Å². The Bertz CT molecular complexity index is 853. The molecular weight excluding hydrogens is 314 g/mol. The van der Waals surface area contributed by atoms with Crippen molar-refractivity contribution in [3.05, 3.63) is 88.8 Å². The molecular formula is C20H19N3O2. The molecule has 2 aromatic carbocycles. The van der Waals surface area contributed by atoms with E-state index in [1.165, 1.54) is 7.11 Å². The number of rotatable bonds is 4. The van der Waals surface area contributed by atoms with Crippen molar-refractivity contribution in [2.24, 2.45) is 10.7 Å². The van der Waals surface area contributed by atoms with Crippen LogP contribution in [0.3, 0.4) is 0 Å². The van der Waals surface area contributed by atoms with E-state index < -0.39 is 5.97 Å². The molecule has 0 unspecified atom stereocenters. The zero-order valence-corrected chi connectivity index (χ0v) is 13.9. The van der Waals surface area contributed by atoms with Crippen LogP contribution in [-0.2, 0) is 16.1 Å². The van der Waals surface area contributed by atoms with E-state index in [1.54, 1.807) is 0 Å². The van der Waals surface area contributed by atoms with Crippen molar-refractivity contribution in [3.63, 3.8) is 0 Å². The van der Waals surface area contributed by atoms with Crippen molar-refractivity contribution in [3.8, 4) is 0 Å². The molecule has 3 rings (SSSR count). The summed E-state index contributed by atoms with van der Waals surface area (Å²) in [6.45, 7) is 0.440. The Morgan fingerprint density at radius 1 is 1.12 bits per heavy atom. The van der Waals surface area contributed by atoms with Crippen LogP contribution < -0.4 is 11.1 Å². The fourth-order valence-corrected chi connectivity index (χ4v) is 2.53. The summed E-state index contributed by atoms with van der Waals surface area (Å²) < 4.78 is 4.86. The van der Waals surface area contributed by atoms with Gasteiger partial charge in [-0.3, -0.25) is 4.99 Å². The van der Waals surface area contributed by atoms with Crippen molar-refractivity contribution in [1.82, 2.24) is 5.32 Å². The lowest BCUT2D eigenvalue weighted by molar-refractivity contribution is -0.135. The molecule has 0 bridgehead atoms. The molecule has 1 aliphatic heterocycles. The van der Waals surface area contributed by atoms with Gasteiger partial charge in [-0.2, -0.15) is 0 Å². The molecule has 1 aliphatic rings. The van der Waals surface area contributed by atoms with Crippen LogP contribution in [-0.4, -0.2) is 18.9 Å². The van der Waals surface area contributed by atoms with Crippen molar-refractivity contribution < 1.29 is 9.53 Å². The van der Waals surface area contributed by atoms with E-state index in [1.807, 2.05) is 66.7 Å². The molecule has 0 saturated carbocycles. The Hall–Kier alpha value is -3.34. The molecule has 0 saturated heterocycles. The number of hydrogen-bond acceptors (Lipinski definition) is 4. The van der Waals surface area contributed by atoms with Crippen LogP contribution in [0.25, 0.3) is 6.08 Å². The standard InChI is InChI=1S/C20H19N3O2/c1-25-20(24)17-18(21)16(12-14-8-4-2-5-9-14)23-19(17)22-13-15-10-6-3-7-11-15/h2-12H,13,21H2,1H3,(H,22,23)/b16-12-. The van der Waals surface area contributed by atoms with Gasteiger partial charge in [0.1, 0.15) is 11.4 Å². The number of carbonyl (C=O) groups is 1. The summed E-state index contributed by atoms with van der Waals surface area (Å²) in [6, 6.07) is 19.5. The predicted octanol–water partition coefficient (Wildman–Crippen LogP) is 2.62. The van der Waals surface area contributed by atoms with Crippen LogP contribution in [0.15, 0.2) is 82.6 Å². The van der Waals surface area contributed by atoms with Gasteiger partial charge in [0.05, 0.1) is 25.0 Å². The van der Waals surface area contributed by atoms with Gasteiger partial charge in [0.25, 0.3) is 0 Å². The molecule has 5 nitrogen and oxygen atoms in total. The Morgan fingerprint density at radius 3 is 2.40 bits per heavy atom. The number of ether oxygens (including phenoxy) is 1. The van der Waals surface area contributed by atoms with E-state index in [-0.39, 0.29) is 5.57 Å². The second kappa shape index (κ2) is 7.49. The highest BCUT2D eigenvalue weighted by Gasteiger charge is 2.29. The maximum atomic E-state index is 12.1. The highest BCUT2D eigenvalue weighted by molar-refractivity contribution is 6.23. The van der Waals surface area contributed by atoms with Crippen LogP contribution in [0.2, 0.25) is 0 Å². The van der Waals surface area contributed by atoms with E-state index in [0.717, 1.165) is 11.1 Å². The SMILES string of the molecule is COC(=O)C1=C(N)/C(=C/c2ccccc2)NC1=NCc1ccccc1. The first kappa shape index (κ1) is 16.5. The summed E-state index contributed by atoms with van der Waals surface area (Å²) in [4.78, 5) is 16.6. The second-order valence-electron chi connectivity index (χ2n) is 5.52. The van der Waals surface area contributed by atoms with Gasteiger partial charge >= 0.3 is 5.97 Å². The van der Waals surface area contributed by atoms with Gasteiger partial charge < -0.3 is 15.8 Å². The average molecular weight is 333 g/mol. The largest absolute Gasteiger partial charge is 0.465 e.